The molecule has 0 aliphatic carbocycles. The average Bonchev–Trinajstić information content (AvgIpc) is 3.32. The van der Waals surface area contributed by atoms with Gasteiger partial charge in [-0.15, -0.1) is 0 Å². The summed E-state index contributed by atoms with van der Waals surface area (Å²) >= 11 is 6.05. The van der Waals surface area contributed by atoms with Gasteiger partial charge in [-0.05, 0) is 53.9 Å². The van der Waals surface area contributed by atoms with Crippen molar-refractivity contribution >= 4 is 22.5 Å². The van der Waals surface area contributed by atoms with Crippen LogP contribution in [0.5, 0.6) is 5.75 Å². The van der Waals surface area contributed by atoms with Gasteiger partial charge in [-0.1, -0.05) is 35.9 Å². The Morgan fingerprint density at radius 1 is 1.03 bits per heavy atom. The van der Waals surface area contributed by atoms with Crippen LogP contribution in [-0.4, -0.2) is 30.8 Å². The minimum Gasteiger partial charge on any atom is -0.494 e. The zero-order valence-electron chi connectivity index (χ0n) is 20.1. The van der Waals surface area contributed by atoms with Gasteiger partial charge in [0, 0.05) is 37.3 Å². The number of ether oxygens (including phenoxy) is 1. The molecule has 2 aromatic carbocycles. The lowest BCUT2D eigenvalue weighted by Gasteiger charge is -2.30. The molecule has 5 rings (SSSR count). The van der Waals surface area contributed by atoms with Gasteiger partial charge in [-0.25, -0.2) is 9.97 Å². The number of hydrogen-bond acceptors (Lipinski definition) is 5. The molecule has 0 amide bonds. The molecule has 0 fully saturated rings. The highest BCUT2D eigenvalue weighted by atomic mass is 35.5. The van der Waals surface area contributed by atoms with E-state index in [1.54, 1.807) is 53.1 Å². The van der Waals surface area contributed by atoms with Gasteiger partial charge >= 0.3 is 0 Å². The molecule has 0 aliphatic rings. The Morgan fingerprint density at radius 3 is 2.53 bits per heavy atom. The fourth-order valence-corrected chi connectivity index (χ4v) is 4.71. The van der Waals surface area contributed by atoms with E-state index < -0.39 is 5.60 Å². The molecular formula is C28H25ClN4O3. The second kappa shape index (κ2) is 9.26. The third-order valence-corrected chi connectivity index (χ3v) is 6.68. The van der Waals surface area contributed by atoms with Crippen molar-refractivity contribution in [2.75, 3.05) is 6.61 Å². The predicted octanol–water partition coefficient (Wildman–Crippen LogP) is 4.67. The second-order valence-corrected chi connectivity index (χ2v) is 9.01. The lowest BCUT2D eigenvalue weighted by Crippen LogP contribution is -2.31. The highest BCUT2D eigenvalue weighted by molar-refractivity contribution is 6.29. The first-order chi connectivity index (χ1) is 17.3. The zero-order valence-corrected chi connectivity index (χ0v) is 20.9. The largest absolute Gasteiger partial charge is 0.494 e. The number of aliphatic hydroxyl groups is 1. The Morgan fingerprint density at radius 2 is 1.83 bits per heavy atom. The number of aromatic nitrogens is 4. The van der Waals surface area contributed by atoms with Crippen LogP contribution in [0.4, 0.5) is 0 Å². The first kappa shape index (κ1) is 23.8. The molecule has 1 unspecified atom stereocenters. The molecule has 7 nitrogen and oxygen atoms in total. The standard InChI is InChI=1S/C28H25ClN4O3/c1-4-36-21-7-5-6-18(12-21)22-14-27(34)33(3)24-10-8-19(13-23(22)24)28(35,25-16-30-17-32(25)2)20-9-11-26(29)31-15-20/h5-17,35H,4H2,1-3H3. The number of halogens is 1. The minimum atomic E-state index is -1.57. The summed E-state index contributed by atoms with van der Waals surface area (Å²) in [6, 6.07) is 18.3. The normalized spacial score (nSPS) is 13.0. The van der Waals surface area contributed by atoms with Crippen LogP contribution in [0.25, 0.3) is 22.0 Å². The Balaban J connectivity index is 1.80. The topological polar surface area (TPSA) is 82.2 Å². The van der Waals surface area contributed by atoms with Crippen LogP contribution in [-0.2, 0) is 19.7 Å². The van der Waals surface area contributed by atoms with Crippen LogP contribution in [0, 0.1) is 0 Å². The van der Waals surface area contributed by atoms with Crippen LogP contribution >= 0.6 is 11.6 Å². The maximum atomic E-state index is 12.9. The van der Waals surface area contributed by atoms with E-state index in [-0.39, 0.29) is 5.56 Å². The molecule has 8 heteroatoms. The van der Waals surface area contributed by atoms with Crippen LogP contribution in [0.1, 0.15) is 23.7 Å². The number of aryl methyl sites for hydroxylation is 2. The highest BCUT2D eigenvalue weighted by Gasteiger charge is 2.37. The fraction of sp³-hybridized carbons (Fsp3) is 0.179. The molecule has 0 aliphatic heterocycles. The van der Waals surface area contributed by atoms with E-state index in [4.69, 9.17) is 16.3 Å². The minimum absolute atomic E-state index is 0.129. The molecule has 0 saturated heterocycles. The van der Waals surface area contributed by atoms with Crippen LogP contribution < -0.4 is 10.3 Å². The van der Waals surface area contributed by atoms with Gasteiger partial charge in [0.1, 0.15) is 10.9 Å². The average molecular weight is 501 g/mol. The predicted molar refractivity (Wildman–Crippen MR) is 140 cm³/mol. The van der Waals surface area contributed by atoms with E-state index in [1.807, 2.05) is 56.4 Å². The molecule has 0 radical (unpaired) electrons. The van der Waals surface area contributed by atoms with Crippen LogP contribution in [0.15, 0.2) is 84.2 Å². The molecule has 36 heavy (non-hydrogen) atoms. The summed E-state index contributed by atoms with van der Waals surface area (Å²) in [4.78, 5) is 21.3. The van der Waals surface area contributed by atoms with E-state index in [2.05, 4.69) is 9.97 Å². The molecule has 0 saturated carbocycles. The quantitative estimate of drug-likeness (QED) is 0.343. The third kappa shape index (κ3) is 3.96. The summed E-state index contributed by atoms with van der Waals surface area (Å²) in [5, 5.41) is 13.5. The number of rotatable bonds is 6. The lowest BCUT2D eigenvalue weighted by atomic mass is 9.83. The number of fused-ring (bicyclic) bond motifs is 1. The van der Waals surface area contributed by atoms with Crippen LogP contribution in [0.3, 0.4) is 0 Å². The van der Waals surface area contributed by atoms with Gasteiger partial charge in [0.05, 0.1) is 30.3 Å². The fourth-order valence-electron chi connectivity index (χ4n) is 4.60. The van der Waals surface area contributed by atoms with E-state index >= 15 is 0 Å². The number of benzene rings is 2. The molecule has 182 valence electrons. The maximum absolute atomic E-state index is 12.9. The number of hydrogen-bond donors (Lipinski definition) is 1. The van der Waals surface area contributed by atoms with Crippen molar-refractivity contribution in [3.63, 3.8) is 0 Å². The third-order valence-electron chi connectivity index (χ3n) is 6.45. The second-order valence-electron chi connectivity index (χ2n) is 8.62. The van der Waals surface area contributed by atoms with Gasteiger partial charge in [-0.3, -0.25) is 4.79 Å². The summed E-state index contributed by atoms with van der Waals surface area (Å²) in [5.74, 6) is 0.721. The summed E-state index contributed by atoms with van der Waals surface area (Å²) in [7, 11) is 3.56. The SMILES string of the molecule is CCOc1cccc(-c2cc(=O)n(C)c3ccc(C(O)(c4ccc(Cl)nc4)c4cncn4C)cc23)c1. The monoisotopic (exact) mass is 500 g/mol. The lowest BCUT2D eigenvalue weighted by molar-refractivity contribution is 0.117. The summed E-state index contributed by atoms with van der Waals surface area (Å²) in [5.41, 5.74) is 2.34. The Hall–Kier alpha value is -3.94. The molecule has 1 atom stereocenters. The Labute approximate surface area is 213 Å². The van der Waals surface area contributed by atoms with Gasteiger partial charge < -0.3 is 19.0 Å². The molecule has 3 aromatic heterocycles. The van der Waals surface area contributed by atoms with Gasteiger partial charge in [-0.2, -0.15) is 0 Å². The summed E-state index contributed by atoms with van der Waals surface area (Å²) in [6.45, 7) is 2.47. The Kier molecular flexibility index (Phi) is 6.12. The number of nitrogens with zero attached hydrogens (tertiary/aromatic N) is 4. The van der Waals surface area contributed by atoms with E-state index in [0.717, 1.165) is 27.8 Å². The maximum Gasteiger partial charge on any atom is 0.251 e. The number of imidazole rings is 1. The van der Waals surface area contributed by atoms with E-state index in [1.165, 1.54) is 0 Å². The molecular weight excluding hydrogens is 476 g/mol. The first-order valence-corrected chi connectivity index (χ1v) is 11.9. The zero-order chi connectivity index (χ0) is 25.4. The van der Waals surface area contributed by atoms with Crippen molar-refractivity contribution in [2.24, 2.45) is 14.1 Å². The summed E-state index contributed by atoms with van der Waals surface area (Å²) in [6.07, 6.45) is 4.83. The number of pyridine rings is 2. The van der Waals surface area contributed by atoms with E-state index in [9.17, 15) is 9.90 Å². The highest BCUT2D eigenvalue weighted by Crippen LogP contribution is 2.39. The van der Waals surface area contributed by atoms with Crippen LogP contribution in [0.2, 0.25) is 5.15 Å². The van der Waals surface area contributed by atoms with Crippen molar-refractivity contribution in [2.45, 2.75) is 12.5 Å². The van der Waals surface area contributed by atoms with Gasteiger partial charge in [0.2, 0.25) is 0 Å². The van der Waals surface area contributed by atoms with Crippen molar-refractivity contribution in [3.8, 4) is 16.9 Å². The van der Waals surface area contributed by atoms with Crippen molar-refractivity contribution in [1.29, 1.82) is 0 Å². The van der Waals surface area contributed by atoms with Crippen molar-refractivity contribution in [1.82, 2.24) is 19.1 Å². The van der Waals surface area contributed by atoms with E-state index in [0.29, 0.717) is 28.6 Å². The molecule has 1 N–H and O–H groups in total. The molecule has 3 heterocycles. The Bertz CT molecular complexity index is 1620. The van der Waals surface area contributed by atoms with Gasteiger partial charge in [0.25, 0.3) is 5.56 Å². The van der Waals surface area contributed by atoms with Crippen molar-refractivity contribution < 1.29 is 9.84 Å². The first-order valence-electron chi connectivity index (χ1n) is 11.5. The molecule has 0 bridgehead atoms. The van der Waals surface area contributed by atoms with Crippen molar-refractivity contribution in [3.05, 3.63) is 112 Å². The van der Waals surface area contributed by atoms with Gasteiger partial charge in [0.15, 0.2) is 5.60 Å². The molecule has 5 aromatic rings. The molecule has 0 spiro atoms. The summed E-state index contributed by atoms with van der Waals surface area (Å²) < 4.78 is 9.06. The smallest absolute Gasteiger partial charge is 0.251 e.